The molecule has 1 heterocycles. The predicted molar refractivity (Wildman–Crippen MR) is 118 cm³/mol. The Morgan fingerprint density at radius 2 is 2.00 bits per heavy atom. The quantitative estimate of drug-likeness (QED) is 0.356. The maximum Gasteiger partial charge on any atom is 0.191 e. The molecule has 1 aromatic heterocycles. The van der Waals surface area contributed by atoms with Crippen LogP contribution in [0.25, 0.3) is 0 Å². The van der Waals surface area contributed by atoms with E-state index < -0.39 is 9.84 Å². The van der Waals surface area contributed by atoms with E-state index in [1.165, 1.54) is 11.1 Å². The van der Waals surface area contributed by atoms with Crippen LogP contribution in [0.1, 0.15) is 27.9 Å². The number of rotatable bonds is 6. The molecular weight excluding hydrogens is 483 g/mol. The normalized spacial score (nSPS) is 11.8. The first-order valence-electron chi connectivity index (χ1n) is 8.02. The zero-order chi connectivity index (χ0) is 18.4. The largest absolute Gasteiger partial charge is 0.357 e. The summed E-state index contributed by atoms with van der Waals surface area (Å²) in [7, 11) is -3.19. The van der Waals surface area contributed by atoms with E-state index in [-0.39, 0.29) is 24.0 Å². The Bertz CT molecular complexity index is 863. The van der Waals surface area contributed by atoms with E-state index in [2.05, 4.69) is 20.6 Å². The number of aromatic nitrogens is 1. The van der Waals surface area contributed by atoms with Crippen LogP contribution in [0.5, 0.6) is 0 Å². The Morgan fingerprint density at radius 3 is 2.54 bits per heavy atom. The summed E-state index contributed by atoms with van der Waals surface area (Å²) in [6.07, 6.45) is 3.08. The second-order valence-electron chi connectivity index (χ2n) is 5.79. The van der Waals surface area contributed by atoms with Crippen molar-refractivity contribution in [2.45, 2.75) is 38.8 Å². The van der Waals surface area contributed by atoms with E-state index in [0.29, 0.717) is 23.9 Å². The molecule has 0 spiro atoms. The summed E-state index contributed by atoms with van der Waals surface area (Å²) in [5.41, 5.74) is 1.71. The first-order chi connectivity index (χ1) is 11.8. The maximum atomic E-state index is 11.7. The summed E-state index contributed by atoms with van der Waals surface area (Å²) in [6, 6.07) is 5.32. The van der Waals surface area contributed by atoms with Crippen molar-refractivity contribution >= 4 is 51.1 Å². The lowest BCUT2D eigenvalue weighted by Gasteiger charge is -2.11. The van der Waals surface area contributed by atoms with E-state index in [1.807, 2.05) is 26.1 Å². The second kappa shape index (κ2) is 10.2. The Balaban J connectivity index is 0.00000338. The van der Waals surface area contributed by atoms with Gasteiger partial charge in [0, 0.05) is 23.9 Å². The van der Waals surface area contributed by atoms with Gasteiger partial charge < -0.3 is 10.6 Å². The standard InChI is InChI=1S/C17H24N4O2S2.HI/c1-5-18-17(21-11-16-19-9-13(3)24-16)20-10-14-6-7-15(12(2)8-14)25(4,22)23;/h6-9H,5,10-11H2,1-4H3,(H2,18,20,21);1H. The summed E-state index contributed by atoms with van der Waals surface area (Å²) in [5.74, 6) is 0.709. The first-order valence-corrected chi connectivity index (χ1v) is 10.7. The summed E-state index contributed by atoms with van der Waals surface area (Å²) in [6.45, 7) is 7.69. The fourth-order valence-electron chi connectivity index (χ4n) is 2.38. The van der Waals surface area contributed by atoms with Gasteiger partial charge in [-0.3, -0.25) is 0 Å². The number of nitrogens with zero attached hydrogens (tertiary/aromatic N) is 2. The van der Waals surface area contributed by atoms with Crippen molar-refractivity contribution in [1.82, 2.24) is 15.6 Å². The van der Waals surface area contributed by atoms with Crippen LogP contribution in [-0.4, -0.2) is 32.2 Å². The number of sulfone groups is 1. The minimum Gasteiger partial charge on any atom is -0.357 e. The molecule has 0 atom stereocenters. The molecule has 0 saturated heterocycles. The molecule has 2 N–H and O–H groups in total. The van der Waals surface area contributed by atoms with Crippen LogP contribution in [0.15, 0.2) is 34.3 Å². The Morgan fingerprint density at radius 1 is 1.27 bits per heavy atom. The van der Waals surface area contributed by atoms with Crippen molar-refractivity contribution in [3.05, 3.63) is 45.4 Å². The van der Waals surface area contributed by atoms with E-state index in [4.69, 9.17) is 0 Å². The lowest BCUT2D eigenvalue weighted by molar-refractivity contribution is 0.601. The highest BCUT2D eigenvalue weighted by Crippen LogP contribution is 2.17. The molecule has 0 saturated carbocycles. The minimum atomic E-state index is -3.19. The highest BCUT2D eigenvalue weighted by molar-refractivity contribution is 14.0. The molecule has 144 valence electrons. The molecule has 0 amide bonds. The monoisotopic (exact) mass is 508 g/mol. The molecule has 2 rings (SSSR count). The number of aliphatic imine (C=N–C) groups is 1. The number of thiazole rings is 1. The number of benzene rings is 1. The third-order valence-corrected chi connectivity index (χ3v) is 5.65. The van der Waals surface area contributed by atoms with Crippen LogP contribution in [-0.2, 0) is 22.9 Å². The van der Waals surface area contributed by atoms with Gasteiger partial charge in [-0.25, -0.2) is 18.4 Å². The number of halogens is 1. The van der Waals surface area contributed by atoms with Crippen molar-refractivity contribution in [1.29, 1.82) is 0 Å². The summed E-state index contributed by atoms with van der Waals surface area (Å²) >= 11 is 1.65. The van der Waals surface area contributed by atoms with Crippen LogP contribution in [0.3, 0.4) is 0 Å². The average molecular weight is 508 g/mol. The number of guanidine groups is 1. The molecule has 0 aliphatic carbocycles. The van der Waals surface area contributed by atoms with Gasteiger partial charge in [0.1, 0.15) is 5.01 Å². The van der Waals surface area contributed by atoms with Crippen molar-refractivity contribution in [2.24, 2.45) is 4.99 Å². The van der Waals surface area contributed by atoms with Crippen molar-refractivity contribution < 1.29 is 8.42 Å². The molecule has 6 nitrogen and oxygen atoms in total. The first kappa shape index (κ1) is 22.8. The van der Waals surface area contributed by atoms with Crippen LogP contribution >= 0.6 is 35.3 Å². The SMILES string of the molecule is CCNC(=NCc1ccc(S(C)(=O)=O)c(C)c1)NCc1ncc(C)s1.I. The Hall–Kier alpha value is -1.20. The Kier molecular flexibility index (Phi) is 8.97. The summed E-state index contributed by atoms with van der Waals surface area (Å²) < 4.78 is 23.4. The van der Waals surface area contributed by atoms with E-state index >= 15 is 0 Å². The van der Waals surface area contributed by atoms with Crippen LogP contribution in [0.4, 0.5) is 0 Å². The lowest BCUT2D eigenvalue weighted by atomic mass is 10.1. The van der Waals surface area contributed by atoms with Gasteiger partial charge in [-0.15, -0.1) is 35.3 Å². The minimum absolute atomic E-state index is 0. The fourth-order valence-corrected chi connectivity index (χ4v) is 4.07. The smallest absolute Gasteiger partial charge is 0.191 e. The van der Waals surface area contributed by atoms with Crippen molar-refractivity contribution in [3.8, 4) is 0 Å². The number of aryl methyl sites for hydroxylation is 2. The molecule has 0 fully saturated rings. The van der Waals surface area contributed by atoms with Gasteiger partial charge in [-0.2, -0.15) is 0 Å². The number of hydrogen-bond acceptors (Lipinski definition) is 5. The molecule has 2 aromatic rings. The third kappa shape index (κ3) is 6.84. The lowest BCUT2D eigenvalue weighted by Crippen LogP contribution is -2.36. The summed E-state index contributed by atoms with van der Waals surface area (Å²) in [4.78, 5) is 10.4. The van der Waals surface area contributed by atoms with E-state index in [0.717, 1.165) is 22.7 Å². The topological polar surface area (TPSA) is 83.5 Å². The average Bonchev–Trinajstić information content (AvgIpc) is 2.94. The van der Waals surface area contributed by atoms with Gasteiger partial charge in [0.2, 0.25) is 0 Å². The van der Waals surface area contributed by atoms with Crippen LogP contribution in [0, 0.1) is 13.8 Å². The van der Waals surface area contributed by atoms with Crippen LogP contribution < -0.4 is 10.6 Å². The van der Waals surface area contributed by atoms with Gasteiger partial charge in [-0.1, -0.05) is 12.1 Å². The van der Waals surface area contributed by atoms with Gasteiger partial charge >= 0.3 is 0 Å². The molecular formula is C17H25IN4O2S2. The zero-order valence-corrected chi connectivity index (χ0v) is 19.3. The maximum absolute atomic E-state index is 11.7. The van der Waals surface area contributed by atoms with E-state index in [1.54, 1.807) is 30.4 Å². The molecule has 0 radical (unpaired) electrons. The summed E-state index contributed by atoms with van der Waals surface area (Å²) in [5, 5.41) is 7.47. The molecule has 0 aliphatic heterocycles. The Labute approximate surface area is 176 Å². The van der Waals surface area contributed by atoms with E-state index in [9.17, 15) is 8.42 Å². The van der Waals surface area contributed by atoms with Crippen molar-refractivity contribution in [2.75, 3.05) is 12.8 Å². The molecule has 9 heteroatoms. The third-order valence-electron chi connectivity index (χ3n) is 3.48. The molecule has 0 unspecified atom stereocenters. The molecule has 26 heavy (non-hydrogen) atoms. The van der Waals surface area contributed by atoms with Gasteiger partial charge in [0.25, 0.3) is 0 Å². The molecule has 0 aliphatic rings. The van der Waals surface area contributed by atoms with Gasteiger partial charge in [0.05, 0.1) is 18.0 Å². The predicted octanol–water partition coefficient (Wildman–Crippen LogP) is 3.04. The number of hydrogen-bond donors (Lipinski definition) is 2. The van der Waals surface area contributed by atoms with Crippen LogP contribution in [0.2, 0.25) is 0 Å². The highest BCUT2D eigenvalue weighted by Gasteiger charge is 2.10. The van der Waals surface area contributed by atoms with Crippen molar-refractivity contribution in [3.63, 3.8) is 0 Å². The number of nitrogens with one attached hydrogen (secondary N) is 2. The molecule has 1 aromatic carbocycles. The second-order valence-corrected chi connectivity index (χ2v) is 9.09. The highest BCUT2D eigenvalue weighted by atomic mass is 127. The van der Waals surface area contributed by atoms with Gasteiger partial charge in [0.15, 0.2) is 15.8 Å². The molecule has 0 bridgehead atoms. The zero-order valence-electron chi connectivity index (χ0n) is 15.4. The van der Waals surface area contributed by atoms with Gasteiger partial charge in [-0.05, 0) is 38.0 Å². The fraction of sp³-hybridized carbons (Fsp3) is 0.412.